The Morgan fingerprint density at radius 3 is 0.911 bits per heavy atom. The van der Waals surface area contributed by atoms with Crippen LogP contribution in [0.25, 0.3) is 0 Å². The Morgan fingerprint density at radius 2 is 0.661 bits per heavy atom. The second kappa shape index (κ2) is 28.6. The van der Waals surface area contributed by atoms with Crippen molar-refractivity contribution in [3.63, 3.8) is 0 Å². The molecule has 0 heterocycles. The van der Waals surface area contributed by atoms with Crippen LogP contribution in [0.2, 0.25) is 33.2 Å². The number of hydrogen-bond donors (Lipinski definition) is 0. The molecule has 0 atom stereocenters. The maximum absolute atomic E-state index is 5.89. The smallest absolute Gasteiger partial charge is 0.146 e. The van der Waals surface area contributed by atoms with Crippen molar-refractivity contribution in [2.75, 3.05) is 92.5 Å². The molecule has 0 aliphatic heterocycles. The first-order valence-corrected chi connectivity index (χ1v) is 25.0. The molecule has 56 heavy (non-hydrogen) atoms. The molecule has 0 aromatic heterocycles. The van der Waals surface area contributed by atoms with Crippen LogP contribution in [0.5, 0.6) is 11.5 Å². The molecule has 1 aromatic rings. The van der Waals surface area contributed by atoms with Crippen LogP contribution >= 0.6 is 0 Å². The predicted molar refractivity (Wildman–Crippen MR) is 236 cm³/mol. The Hall–Kier alpha value is -2.75. The predicted octanol–water partition coefficient (Wildman–Crippen LogP) is 8.95. The van der Waals surface area contributed by atoms with E-state index < -0.39 is 16.1 Å². The van der Waals surface area contributed by atoms with Crippen molar-refractivity contribution in [3.8, 4) is 59.1 Å². The molecular formula is C46H74O8Si2. The van der Waals surface area contributed by atoms with Crippen molar-refractivity contribution in [2.24, 2.45) is 0 Å². The van der Waals surface area contributed by atoms with Crippen LogP contribution in [-0.4, -0.2) is 109 Å². The van der Waals surface area contributed by atoms with Crippen molar-refractivity contribution in [2.45, 2.75) is 116 Å². The summed E-state index contributed by atoms with van der Waals surface area (Å²) in [6, 6.07) is 3.43. The molecule has 0 saturated carbocycles. The van der Waals surface area contributed by atoms with Gasteiger partial charge in [0.05, 0.1) is 77.2 Å². The summed E-state index contributed by atoms with van der Waals surface area (Å²) in [6.07, 6.45) is 11.5. The van der Waals surface area contributed by atoms with Crippen LogP contribution in [0.3, 0.4) is 0 Å². The minimum atomic E-state index is -1.72. The van der Waals surface area contributed by atoms with Gasteiger partial charge in [-0.05, 0) is 33.2 Å². The first-order chi connectivity index (χ1) is 26.7. The number of rotatable bonds is 28. The minimum Gasteiger partial charge on any atom is -0.490 e. The zero-order valence-electron chi connectivity index (χ0n) is 36.9. The molecule has 314 valence electrons. The highest BCUT2D eigenvalue weighted by molar-refractivity contribution is 6.91. The lowest BCUT2D eigenvalue weighted by molar-refractivity contribution is 0.0139. The van der Waals surface area contributed by atoms with Crippen LogP contribution in [0, 0.1) is 47.6 Å². The van der Waals surface area contributed by atoms with Gasteiger partial charge in [0.25, 0.3) is 0 Å². The molecule has 1 aromatic carbocycles. The van der Waals surface area contributed by atoms with E-state index in [1.165, 1.54) is 0 Å². The molecule has 0 amide bonds. The molecule has 0 radical (unpaired) electrons. The molecule has 0 N–H and O–H groups in total. The highest BCUT2D eigenvalue weighted by atomic mass is 28.3. The van der Waals surface area contributed by atoms with Crippen LogP contribution in [0.15, 0.2) is 12.1 Å². The normalized spacial score (nSPS) is 11.9. The molecule has 0 spiro atoms. The van der Waals surface area contributed by atoms with Gasteiger partial charge in [0.2, 0.25) is 0 Å². The number of terminal acetylenes is 2. The lowest BCUT2D eigenvalue weighted by Crippen LogP contribution is -2.43. The largest absolute Gasteiger partial charge is 0.490 e. The van der Waals surface area contributed by atoms with Crippen molar-refractivity contribution < 1.29 is 37.9 Å². The zero-order chi connectivity index (χ0) is 42.0. The Morgan fingerprint density at radius 1 is 0.411 bits per heavy atom. The molecule has 0 bridgehead atoms. The molecule has 0 aliphatic carbocycles. The SMILES string of the molecule is C#Cc1cc(OCCOCCOCCOCC#C[Si](C(C)C)(C(C)C)C(C)C)c(C#C)cc1OCCOCCOCCOCC#C[Si](C(C)C)(C(C)C)C(C)C. The quantitative estimate of drug-likeness (QED) is 0.0472. The highest BCUT2D eigenvalue weighted by Gasteiger charge is 2.42. The topological polar surface area (TPSA) is 73.8 Å². The first kappa shape index (κ1) is 51.3. The van der Waals surface area contributed by atoms with Gasteiger partial charge in [-0.2, -0.15) is 0 Å². The Labute approximate surface area is 344 Å². The molecule has 0 unspecified atom stereocenters. The third-order valence-corrected chi connectivity index (χ3v) is 23.2. The van der Waals surface area contributed by atoms with E-state index in [1.54, 1.807) is 12.1 Å². The van der Waals surface area contributed by atoms with Gasteiger partial charge in [-0.15, -0.1) is 23.9 Å². The number of ether oxygens (including phenoxy) is 8. The van der Waals surface area contributed by atoms with E-state index in [1.807, 2.05) is 0 Å². The summed E-state index contributed by atoms with van der Waals surface area (Å²) in [5.74, 6) is 12.9. The van der Waals surface area contributed by atoms with E-state index >= 15 is 0 Å². The van der Waals surface area contributed by atoms with E-state index in [2.05, 4.69) is 118 Å². The van der Waals surface area contributed by atoms with Gasteiger partial charge in [0, 0.05) is 12.1 Å². The average Bonchev–Trinajstić information content (AvgIpc) is 3.14. The first-order valence-electron chi connectivity index (χ1n) is 20.5. The Kier molecular flexibility index (Phi) is 26.2. The molecular weight excluding hydrogens is 737 g/mol. The van der Waals surface area contributed by atoms with E-state index in [-0.39, 0.29) is 0 Å². The minimum absolute atomic E-state index is 0.307. The van der Waals surface area contributed by atoms with Gasteiger partial charge in [-0.3, -0.25) is 0 Å². The second-order valence-electron chi connectivity index (χ2n) is 15.8. The molecule has 8 nitrogen and oxygen atoms in total. The fourth-order valence-electron chi connectivity index (χ4n) is 7.82. The summed E-state index contributed by atoms with van der Waals surface area (Å²) in [6.45, 7) is 33.7. The summed E-state index contributed by atoms with van der Waals surface area (Å²) in [4.78, 5) is 0. The average molecular weight is 811 g/mol. The maximum Gasteiger partial charge on any atom is 0.146 e. The Bertz CT molecular complexity index is 1300. The fraction of sp³-hybridized carbons (Fsp3) is 0.696. The van der Waals surface area contributed by atoms with Crippen molar-refractivity contribution >= 4 is 16.1 Å². The van der Waals surface area contributed by atoms with E-state index in [4.69, 9.17) is 50.7 Å². The summed E-state index contributed by atoms with van der Waals surface area (Å²) in [7, 11) is -3.44. The second-order valence-corrected chi connectivity index (χ2v) is 26.9. The fourth-order valence-corrected chi connectivity index (χ4v) is 18.3. The maximum atomic E-state index is 5.89. The van der Waals surface area contributed by atoms with Crippen LogP contribution in [0.4, 0.5) is 0 Å². The highest BCUT2D eigenvalue weighted by Crippen LogP contribution is 2.41. The molecule has 1 rings (SSSR count). The van der Waals surface area contributed by atoms with Gasteiger partial charge in [0.1, 0.15) is 54.1 Å². The van der Waals surface area contributed by atoms with Gasteiger partial charge >= 0.3 is 0 Å². The van der Waals surface area contributed by atoms with E-state index in [0.717, 1.165) is 0 Å². The van der Waals surface area contributed by atoms with Gasteiger partial charge in [-0.1, -0.05) is 107 Å². The number of hydrogen-bond acceptors (Lipinski definition) is 8. The van der Waals surface area contributed by atoms with Gasteiger partial charge < -0.3 is 37.9 Å². The summed E-state index contributed by atoms with van der Waals surface area (Å²) in [5, 5.41) is 0. The van der Waals surface area contributed by atoms with E-state index in [9.17, 15) is 0 Å². The molecule has 0 aliphatic rings. The lowest BCUT2D eigenvalue weighted by Gasteiger charge is -2.38. The Balaban J connectivity index is 2.27. The van der Waals surface area contributed by atoms with Crippen molar-refractivity contribution in [1.82, 2.24) is 0 Å². The summed E-state index contributed by atoms with van der Waals surface area (Å²) in [5.41, 5.74) is 12.1. The van der Waals surface area contributed by atoms with Gasteiger partial charge in [-0.25, -0.2) is 0 Å². The molecule has 10 heteroatoms. The summed E-state index contributed by atoms with van der Waals surface area (Å²) < 4.78 is 45.8. The van der Waals surface area contributed by atoms with Crippen molar-refractivity contribution in [1.29, 1.82) is 0 Å². The van der Waals surface area contributed by atoms with Crippen LogP contribution in [-0.2, 0) is 28.4 Å². The number of benzene rings is 1. The lowest BCUT2D eigenvalue weighted by atomic mass is 10.1. The third-order valence-electron chi connectivity index (χ3n) is 10.5. The van der Waals surface area contributed by atoms with Gasteiger partial charge in [0.15, 0.2) is 0 Å². The van der Waals surface area contributed by atoms with Crippen molar-refractivity contribution in [3.05, 3.63) is 23.3 Å². The van der Waals surface area contributed by atoms with Crippen LogP contribution in [0.1, 0.15) is 94.2 Å². The molecule has 0 saturated heterocycles. The molecule has 0 fully saturated rings. The standard InChI is InChI=1S/C46H74O8Si2/c1-15-43-35-46(54-32-30-52-28-26-50-24-22-48-20-18-34-56(40(9)10,41(11)12)42(13)14)44(16-2)36-45(43)53-31-29-51-27-25-49-23-21-47-19-17-33-55(37(3)4,38(5)6)39(7)8/h1-2,35-42H,19-32H2,3-14H3. The zero-order valence-corrected chi connectivity index (χ0v) is 38.9. The van der Waals surface area contributed by atoms with E-state index in [0.29, 0.717) is 148 Å². The summed E-state index contributed by atoms with van der Waals surface area (Å²) >= 11 is 0. The van der Waals surface area contributed by atoms with Crippen LogP contribution < -0.4 is 9.47 Å². The third kappa shape index (κ3) is 17.0. The monoisotopic (exact) mass is 810 g/mol.